The third-order valence-corrected chi connectivity index (χ3v) is 9.89. The van der Waals surface area contributed by atoms with Gasteiger partial charge in [-0.05, 0) is 36.0 Å². The van der Waals surface area contributed by atoms with E-state index in [0.717, 1.165) is 34.4 Å². The van der Waals surface area contributed by atoms with E-state index in [9.17, 15) is 8.42 Å². The molecule has 1 aromatic heterocycles. The number of sulfonamides is 1. The molecule has 0 radical (unpaired) electrons. The molecule has 5 rings (SSSR count). The first-order valence-corrected chi connectivity index (χ1v) is 13.8. The molecule has 9 heteroatoms. The molecule has 3 heterocycles. The summed E-state index contributed by atoms with van der Waals surface area (Å²) in [5.74, 6) is 0. The van der Waals surface area contributed by atoms with Crippen LogP contribution in [-0.2, 0) is 39.7 Å². The Bertz CT molecular complexity index is 1230. The summed E-state index contributed by atoms with van der Waals surface area (Å²) in [5.41, 5.74) is 2.05. The van der Waals surface area contributed by atoms with Crippen molar-refractivity contribution in [3.8, 4) is 0 Å². The third kappa shape index (κ3) is 4.38. The van der Waals surface area contributed by atoms with E-state index in [1.165, 1.54) is 0 Å². The fourth-order valence-corrected chi connectivity index (χ4v) is 7.68. The van der Waals surface area contributed by atoms with Crippen molar-refractivity contribution >= 4 is 26.5 Å². The van der Waals surface area contributed by atoms with Crippen LogP contribution in [0.3, 0.4) is 0 Å². The summed E-state index contributed by atoms with van der Waals surface area (Å²) in [4.78, 5) is 3.73. The zero-order valence-corrected chi connectivity index (χ0v) is 21.1. The number of hydrogen-bond acceptors (Lipinski definition) is 6. The molecule has 0 N–H and O–H groups in total. The summed E-state index contributed by atoms with van der Waals surface area (Å²) in [5, 5.41) is 1.12. The molecule has 0 spiro atoms. The molecule has 0 unspecified atom stereocenters. The lowest BCUT2D eigenvalue weighted by Gasteiger charge is -2.37. The second kappa shape index (κ2) is 9.75. The van der Waals surface area contributed by atoms with Crippen molar-refractivity contribution < 1.29 is 22.5 Å². The van der Waals surface area contributed by atoms with Gasteiger partial charge >= 0.3 is 5.13 Å². The molecule has 2 aliphatic heterocycles. The molecule has 1 saturated heterocycles. The third-order valence-electron chi connectivity index (χ3n) is 6.54. The molecule has 34 heavy (non-hydrogen) atoms. The van der Waals surface area contributed by atoms with Crippen LogP contribution in [0.4, 0.5) is 5.13 Å². The highest BCUT2D eigenvalue weighted by atomic mass is 32.2. The van der Waals surface area contributed by atoms with E-state index in [1.54, 1.807) is 39.9 Å². The Labute approximate surface area is 205 Å². The first-order valence-electron chi connectivity index (χ1n) is 11.5. The van der Waals surface area contributed by atoms with Crippen LogP contribution in [0, 0.1) is 0 Å². The number of thiazole rings is 1. The van der Waals surface area contributed by atoms with Gasteiger partial charge in [-0.3, -0.25) is 0 Å². The number of benzene rings is 2. The molecule has 0 saturated carbocycles. The van der Waals surface area contributed by atoms with Crippen molar-refractivity contribution in [3.63, 3.8) is 0 Å². The van der Waals surface area contributed by atoms with E-state index in [1.807, 2.05) is 50.4 Å². The Hall–Kier alpha value is -2.30. The largest absolute Gasteiger partial charge is 0.373 e. The summed E-state index contributed by atoms with van der Waals surface area (Å²) in [7, 11) is -1.67. The van der Waals surface area contributed by atoms with Gasteiger partial charge in [0.1, 0.15) is 24.9 Å². The summed E-state index contributed by atoms with van der Waals surface area (Å²) in [6.45, 7) is 5.73. The average molecular weight is 501 g/mol. The van der Waals surface area contributed by atoms with Gasteiger partial charge in [-0.25, -0.2) is 17.9 Å². The van der Waals surface area contributed by atoms with E-state index < -0.39 is 10.0 Å². The highest BCUT2D eigenvalue weighted by Gasteiger charge is 2.45. The molecule has 2 aliphatic rings. The molecule has 0 bridgehead atoms. The maximum absolute atomic E-state index is 13.7. The van der Waals surface area contributed by atoms with Crippen molar-refractivity contribution in [1.29, 1.82) is 0 Å². The number of anilines is 1. The Morgan fingerprint density at radius 2 is 1.71 bits per heavy atom. The van der Waals surface area contributed by atoms with Gasteiger partial charge in [-0.15, -0.1) is 0 Å². The minimum Gasteiger partial charge on any atom is -0.373 e. The predicted molar refractivity (Wildman–Crippen MR) is 131 cm³/mol. The lowest BCUT2D eigenvalue weighted by Crippen LogP contribution is -2.50. The van der Waals surface area contributed by atoms with E-state index in [4.69, 9.17) is 9.47 Å². The highest BCUT2D eigenvalue weighted by Crippen LogP contribution is 2.42. The predicted octanol–water partition coefficient (Wildman–Crippen LogP) is 3.26. The maximum atomic E-state index is 13.7. The first-order chi connectivity index (χ1) is 16.5. The molecule has 7 nitrogen and oxygen atoms in total. The lowest BCUT2D eigenvalue weighted by molar-refractivity contribution is -0.664. The van der Waals surface area contributed by atoms with Crippen molar-refractivity contribution in [1.82, 2.24) is 4.31 Å². The van der Waals surface area contributed by atoms with Gasteiger partial charge < -0.3 is 9.47 Å². The van der Waals surface area contributed by atoms with Crippen molar-refractivity contribution in [2.45, 2.75) is 37.1 Å². The Morgan fingerprint density at radius 3 is 2.38 bits per heavy atom. The Morgan fingerprint density at radius 1 is 1.06 bits per heavy atom. The van der Waals surface area contributed by atoms with E-state index in [-0.39, 0.29) is 12.1 Å². The van der Waals surface area contributed by atoms with Crippen LogP contribution in [0.5, 0.6) is 0 Å². The van der Waals surface area contributed by atoms with Crippen LogP contribution >= 0.6 is 11.3 Å². The highest BCUT2D eigenvalue weighted by molar-refractivity contribution is 7.89. The average Bonchev–Trinajstić information content (AvgIpc) is 3.20. The van der Waals surface area contributed by atoms with Crippen LogP contribution in [-0.4, -0.2) is 45.1 Å². The van der Waals surface area contributed by atoms with Crippen LogP contribution in [0.1, 0.15) is 29.2 Å². The standard InChI is InChI=1S/C25H30N3O4S2/c1-19-23(32-18-20-9-5-3-6-10-20)24-22(26(2)25(33-24)27-13-15-31-16-14-27)17-28(19)34(29,30)21-11-7-4-8-12-21/h3-12,19,23H,13-18H2,1-2H3/q+1/t19-,23+/m0/s1. The van der Waals surface area contributed by atoms with Crippen molar-refractivity contribution in [2.24, 2.45) is 7.05 Å². The molecule has 3 aromatic rings. The number of fused-ring (bicyclic) bond motifs is 1. The number of morpholine rings is 1. The fourth-order valence-electron chi connectivity index (χ4n) is 4.61. The first kappa shape index (κ1) is 23.4. The summed E-state index contributed by atoms with van der Waals surface area (Å²) < 4.78 is 43.1. The zero-order valence-electron chi connectivity index (χ0n) is 19.5. The normalized spacial score (nSPS) is 21.4. The molecule has 0 amide bonds. The molecular formula is C25H30N3O4S2+. The second-order valence-corrected chi connectivity index (χ2v) is 11.6. The van der Waals surface area contributed by atoms with Crippen molar-refractivity contribution in [2.75, 3.05) is 31.2 Å². The van der Waals surface area contributed by atoms with Crippen LogP contribution in [0.2, 0.25) is 0 Å². The van der Waals surface area contributed by atoms with Gasteiger partial charge in [0.15, 0.2) is 0 Å². The number of hydrogen-bond donors (Lipinski definition) is 0. The fraction of sp³-hybridized carbons (Fsp3) is 0.400. The summed E-state index contributed by atoms with van der Waals surface area (Å²) in [6.07, 6.45) is -0.367. The van der Waals surface area contributed by atoms with E-state index in [2.05, 4.69) is 9.47 Å². The number of nitrogens with zero attached hydrogens (tertiary/aromatic N) is 3. The van der Waals surface area contributed by atoms with E-state index >= 15 is 0 Å². The number of ether oxygens (including phenoxy) is 2. The lowest BCUT2D eigenvalue weighted by atomic mass is 10.0. The van der Waals surface area contributed by atoms with Gasteiger partial charge in [0.25, 0.3) is 0 Å². The molecule has 180 valence electrons. The number of rotatable bonds is 6. The van der Waals surface area contributed by atoms with Gasteiger partial charge in [-0.1, -0.05) is 48.5 Å². The quantitative estimate of drug-likeness (QED) is 0.486. The topological polar surface area (TPSA) is 63.0 Å². The Kier molecular flexibility index (Phi) is 6.72. The minimum atomic E-state index is -3.69. The smallest absolute Gasteiger partial charge is 0.336 e. The van der Waals surface area contributed by atoms with Crippen LogP contribution in [0.25, 0.3) is 0 Å². The molecule has 0 aliphatic carbocycles. The summed E-state index contributed by atoms with van der Waals surface area (Å²) in [6, 6.07) is 18.3. The van der Waals surface area contributed by atoms with E-state index in [0.29, 0.717) is 31.3 Å². The molecule has 1 fully saturated rings. The second-order valence-electron chi connectivity index (χ2n) is 8.68. The Balaban J connectivity index is 1.53. The SMILES string of the molecule is C[C@H]1[C@@H](OCc2ccccc2)c2sc(N3CCOCC3)[n+](C)c2CN1S(=O)(=O)c1ccccc1. The van der Waals surface area contributed by atoms with Crippen LogP contribution in [0.15, 0.2) is 65.6 Å². The van der Waals surface area contributed by atoms with Gasteiger partial charge in [0.05, 0.1) is 49.2 Å². The molecule has 2 aromatic carbocycles. The van der Waals surface area contributed by atoms with Crippen molar-refractivity contribution in [3.05, 3.63) is 76.8 Å². The van der Waals surface area contributed by atoms with Crippen LogP contribution < -0.4 is 9.47 Å². The monoisotopic (exact) mass is 500 g/mol. The summed E-state index contributed by atoms with van der Waals surface area (Å²) >= 11 is 1.71. The van der Waals surface area contributed by atoms with Gasteiger partial charge in [0, 0.05) is 0 Å². The zero-order chi connectivity index (χ0) is 23.7. The van der Waals surface area contributed by atoms with Gasteiger partial charge in [0.2, 0.25) is 10.0 Å². The molecule has 2 atom stereocenters. The number of aromatic nitrogens is 1. The van der Waals surface area contributed by atoms with Gasteiger partial charge in [-0.2, -0.15) is 4.31 Å². The minimum absolute atomic E-state index is 0.304. The molecular weight excluding hydrogens is 470 g/mol. The maximum Gasteiger partial charge on any atom is 0.336 e.